The molecule has 0 heterocycles. The molecule has 0 aliphatic rings. The van der Waals surface area contributed by atoms with Gasteiger partial charge in [-0.3, -0.25) is 4.72 Å². The van der Waals surface area contributed by atoms with Crippen LogP contribution in [0.25, 0.3) is 0 Å². The van der Waals surface area contributed by atoms with Crippen LogP contribution < -0.4 is 4.72 Å². The molecule has 10 heteroatoms. The molecule has 0 saturated heterocycles. The fourth-order valence-corrected chi connectivity index (χ4v) is 3.57. The fraction of sp³-hybridized carbons (Fsp3) is 0.188. The molecule has 0 saturated carbocycles. The molecule has 1 N–H and O–H groups in total. The molecular formula is C16H13F4NO4S. The van der Waals surface area contributed by atoms with Gasteiger partial charge in [-0.2, -0.15) is 13.2 Å². The summed E-state index contributed by atoms with van der Waals surface area (Å²) in [5, 5.41) is 0. The maximum atomic E-state index is 13.3. The predicted molar refractivity (Wildman–Crippen MR) is 84.7 cm³/mol. The molecule has 2 aromatic carbocycles. The lowest BCUT2D eigenvalue weighted by Gasteiger charge is -2.14. The lowest BCUT2D eigenvalue weighted by Crippen LogP contribution is -2.17. The van der Waals surface area contributed by atoms with Crippen molar-refractivity contribution in [3.63, 3.8) is 0 Å². The molecule has 0 spiro atoms. The van der Waals surface area contributed by atoms with E-state index in [0.29, 0.717) is 12.1 Å². The maximum absolute atomic E-state index is 13.3. The minimum absolute atomic E-state index is 0.00883. The van der Waals surface area contributed by atoms with E-state index in [2.05, 4.69) is 4.74 Å². The summed E-state index contributed by atoms with van der Waals surface area (Å²) in [7, 11) is -3.21. The summed E-state index contributed by atoms with van der Waals surface area (Å²) in [4.78, 5) is 11.3. The Morgan fingerprint density at radius 3 is 2.38 bits per heavy atom. The van der Waals surface area contributed by atoms with E-state index in [1.54, 1.807) is 0 Å². The first kappa shape index (κ1) is 19.7. The van der Waals surface area contributed by atoms with Crippen molar-refractivity contribution in [3.05, 3.63) is 58.9 Å². The van der Waals surface area contributed by atoms with E-state index < -0.39 is 39.2 Å². The number of nitrogens with one attached hydrogen (secondary N) is 1. The summed E-state index contributed by atoms with van der Waals surface area (Å²) in [5.41, 5.74) is -2.02. The summed E-state index contributed by atoms with van der Waals surface area (Å²) in [6.45, 7) is 1.35. The molecule has 0 radical (unpaired) electrons. The molecule has 0 atom stereocenters. The van der Waals surface area contributed by atoms with Crippen LogP contribution in [0.1, 0.15) is 21.5 Å². The van der Waals surface area contributed by atoms with Crippen molar-refractivity contribution in [2.75, 3.05) is 11.8 Å². The molecule has 26 heavy (non-hydrogen) atoms. The third-order valence-electron chi connectivity index (χ3n) is 3.50. The molecule has 2 rings (SSSR count). The lowest BCUT2D eigenvalue weighted by molar-refractivity contribution is -0.139. The highest BCUT2D eigenvalue weighted by Gasteiger charge is 2.34. The number of esters is 1. The summed E-state index contributed by atoms with van der Waals surface area (Å²) in [5.74, 6) is -2.29. The van der Waals surface area contributed by atoms with Crippen molar-refractivity contribution in [2.45, 2.75) is 18.0 Å². The van der Waals surface area contributed by atoms with Gasteiger partial charge in [0.1, 0.15) is 5.82 Å². The zero-order valence-corrected chi connectivity index (χ0v) is 14.3. The molecule has 140 valence electrons. The largest absolute Gasteiger partial charge is 0.465 e. The number of alkyl halides is 3. The van der Waals surface area contributed by atoms with Gasteiger partial charge < -0.3 is 4.74 Å². The molecule has 5 nitrogen and oxygen atoms in total. The van der Waals surface area contributed by atoms with E-state index in [0.717, 1.165) is 13.2 Å². The van der Waals surface area contributed by atoms with Gasteiger partial charge >= 0.3 is 12.1 Å². The monoisotopic (exact) mass is 391 g/mol. The van der Waals surface area contributed by atoms with Gasteiger partial charge in [0.05, 0.1) is 23.1 Å². The SMILES string of the molecule is COC(=O)c1cccc(S(=O)(=O)Nc2ccc(F)c(C(F)(F)F)c2)c1C. The summed E-state index contributed by atoms with van der Waals surface area (Å²) >= 11 is 0. The van der Waals surface area contributed by atoms with Crippen LogP contribution in [0, 0.1) is 12.7 Å². The standard InChI is InChI=1S/C16H13F4NO4S/c1-9-11(15(22)25-2)4-3-5-14(9)26(23,24)21-10-6-7-13(17)12(8-10)16(18,19)20/h3-8,21H,1-2H3. The van der Waals surface area contributed by atoms with Crippen LogP contribution in [0.4, 0.5) is 23.2 Å². The Bertz CT molecular complexity index is 955. The minimum atomic E-state index is -4.98. The Hall–Kier alpha value is -2.62. The normalized spacial score (nSPS) is 11.9. The first-order chi connectivity index (χ1) is 12.0. The number of carbonyl (C=O) groups excluding carboxylic acids is 1. The van der Waals surface area contributed by atoms with Crippen molar-refractivity contribution >= 4 is 21.7 Å². The predicted octanol–water partition coefficient (Wildman–Crippen LogP) is 3.74. The number of hydrogen-bond acceptors (Lipinski definition) is 4. The topological polar surface area (TPSA) is 72.5 Å². The smallest absolute Gasteiger partial charge is 0.419 e. The van der Waals surface area contributed by atoms with Crippen LogP contribution in [-0.4, -0.2) is 21.5 Å². The van der Waals surface area contributed by atoms with E-state index in [-0.39, 0.29) is 16.0 Å². The van der Waals surface area contributed by atoms with Crippen molar-refractivity contribution < 1.29 is 35.5 Å². The molecule has 0 aliphatic heterocycles. The number of sulfonamides is 1. The maximum Gasteiger partial charge on any atom is 0.419 e. The summed E-state index contributed by atoms with van der Waals surface area (Å²) in [6, 6.07) is 5.55. The van der Waals surface area contributed by atoms with E-state index in [1.807, 2.05) is 4.72 Å². The molecule has 0 bridgehead atoms. The number of hydrogen-bond donors (Lipinski definition) is 1. The van der Waals surface area contributed by atoms with E-state index in [1.165, 1.54) is 25.1 Å². The third kappa shape index (κ3) is 3.96. The van der Waals surface area contributed by atoms with Crippen LogP contribution in [0.5, 0.6) is 0 Å². The van der Waals surface area contributed by atoms with Gasteiger partial charge in [-0.05, 0) is 42.8 Å². The highest BCUT2D eigenvalue weighted by molar-refractivity contribution is 7.92. The van der Waals surface area contributed by atoms with Gasteiger partial charge in [-0.15, -0.1) is 0 Å². The molecule has 0 unspecified atom stereocenters. The number of halogens is 4. The molecule has 2 aromatic rings. The third-order valence-corrected chi connectivity index (χ3v) is 5.03. The van der Waals surface area contributed by atoms with Gasteiger partial charge in [-0.25, -0.2) is 17.6 Å². The van der Waals surface area contributed by atoms with Crippen LogP contribution in [-0.2, 0) is 20.9 Å². The van der Waals surface area contributed by atoms with Gasteiger partial charge in [0.25, 0.3) is 10.0 Å². The van der Waals surface area contributed by atoms with Crippen molar-refractivity contribution in [1.29, 1.82) is 0 Å². The summed E-state index contributed by atoms with van der Waals surface area (Å²) < 4.78 is 83.1. The van der Waals surface area contributed by atoms with E-state index >= 15 is 0 Å². The second kappa shape index (κ2) is 6.94. The Kier molecular flexibility index (Phi) is 5.26. The fourth-order valence-electron chi connectivity index (χ4n) is 2.25. The second-order valence-corrected chi connectivity index (χ2v) is 6.87. The Labute approximate surface area is 146 Å². The highest BCUT2D eigenvalue weighted by Crippen LogP contribution is 2.33. The molecular weight excluding hydrogens is 378 g/mol. The Morgan fingerprint density at radius 2 is 1.81 bits per heavy atom. The van der Waals surface area contributed by atoms with Gasteiger partial charge in [0.15, 0.2) is 0 Å². The number of rotatable bonds is 4. The zero-order valence-electron chi connectivity index (χ0n) is 13.5. The van der Waals surface area contributed by atoms with E-state index in [4.69, 9.17) is 0 Å². The second-order valence-electron chi connectivity index (χ2n) is 5.22. The molecule has 0 aromatic heterocycles. The van der Waals surface area contributed by atoms with Gasteiger partial charge in [0, 0.05) is 5.69 Å². The number of carbonyl (C=O) groups is 1. The van der Waals surface area contributed by atoms with Crippen molar-refractivity contribution in [3.8, 4) is 0 Å². The summed E-state index contributed by atoms with van der Waals surface area (Å²) in [6.07, 6.45) is -4.98. The van der Waals surface area contributed by atoms with Crippen molar-refractivity contribution in [1.82, 2.24) is 0 Å². The minimum Gasteiger partial charge on any atom is -0.465 e. The van der Waals surface area contributed by atoms with Crippen molar-refractivity contribution in [2.24, 2.45) is 0 Å². The van der Waals surface area contributed by atoms with Crippen LogP contribution in [0.3, 0.4) is 0 Å². The Morgan fingerprint density at radius 1 is 1.15 bits per heavy atom. The first-order valence-electron chi connectivity index (χ1n) is 7.05. The number of benzene rings is 2. The average molecular weight is 391 g/mol. The van der Waals surface area contributed by atoms with Crippen LogP contribution in [0.15, 0.2) is 41.3 Å². The highest BCUT2D eigenvalue weighted by atomic mass is 32.2. The quantitative estimate of drug-likeness (QED) is 0.637. The van der Waals surface area contributed by atoms with Gasteiger partial charge in [0.2, 0.25) is 0 Å². The van der Waals surface area contributed by atoms with Crippen LogP contribution in [0.2, 0.25) is 0 Å². The molecule has 0 aliphatic carbocycles. The Balaban J connectivity index is 2.46. The number of anilines is 1. The van der Waals surface area contributed by atoms with Crippen LogP contribution >= 0.6 is 0 Å². The lowest BCUT2D eigenvalue weighted by atomic mass is 10.1. The number of methoxy groups -OCH3 is 1. The molecule has 0 fully saturated rings. The van der Waals surface area contributed by atoms with E-state index in [9.17, 15) is 30.8 Å². The first-order valence-corrected chi connectivity index (χ1v) is 8.53. The average Bonchev–Trinajstić information content (AvgIpc) is 2.54. The van der Waals surface area contributed by atoms with Gasteiger partial charge in [-0.1, -0.05) is 6.07 Å². The molecule has 0 amide bonds. The zero-order chi connectivity index (χ0) is 19.7. The number of ether oxygens (including phenoxy) is 1.